The van der Waals surface area contributed by atoms with Gasteiger partial charge in [0.25, 0.3) is 10.1 Å². The molecule has 0 spiro atoms. The van der Waals surface area contributed by atoms with Gasteiger partial charge in [0.05, 0.1) is 12.2 Å². The molecular weight excluding hydrogens is 506 g/mol. The van der Waals surface area contributed by atoms with E-state index in [9.17, 15) is 18.0 Å². The minimum Gasteiger partial charge on any atom is -0.361 e. The van der Waals surface area contributed by atoms with Crippen molar-refractivity contribution in [3.8, 4) is 0 Å². The number of benzene rings is 1. The number of aromatic nitrogens is 1. The summed E-state index contributed by atoms with van der Waals surface area (Å²) in [4.78, 5) is 35.9. The summed E-state index contributed by atoms with van der Waals surface area (Å²) >= 11 is 0. The number of amides is 3. The molecule has 10 nitrogen and oxygen atoms in total. The van der Waals surface area contributed by atoms with Crippen LogP contribution in [0.2, 0.25) is 0 Å². The summed E-state index contributed by atoms with van der Waals surface area (Å²) < 4.78 is 25.9. The number of imide groups is 1. The Morgan fingerprint density at radius 2 is 2.00 bits per heavy atom. The second-order valence-electron chi connectivity index (χ2n) is 10.4. The van der Waals surface area contributed by atoms with Crippen molar-refractivity contribution in [2.45, 2.75) is 38.1 Å². The highest BCUT2D eigenvalue weighted by Crippen LogP contribution is 2.45. The molecule has 2 aliphatic rings. The van der Waals surface area contributed by atoms with E-state index in [0.29, 0.717) is 31.9 Å². The highest BCUT2D eigenvalue weighted by atomic mass is 32.2. The molecule has 0 saturated carbocycles. The van der Waals surface area contributed by atoms with Crippen LogP contribution in [0.1, 0.15) is 36.8 Å². The number of H-pyrrole nitrogens is 1. The van der Waals surface area contributed by atoms with Crippen LogP contribution in [0.4, 0.5) is 4.79 Å². The van der Waals surface area contributed by atoms with Gasteiger partial charge in [0.2, 0.25) is 5.91 Å². The Hall–Kier alpha value is -2.73. The molecule has 3 atom stereocenters. The van der Waals surface area contributed by atoms with Crippen LogP contribution in [0.25, 0.3) is 10.9 Å². The molecule has 2 aromatic rings. The van der Waals surface area contributed by atoms with Crippen molar-refractivity contribution < 1.29 is 22.6 Å². The summed E-state index contributed by atoms with van der Waals surface area (Å²) in [5.74, 6) is -0.0133. The fourth-order valence-electron chi connectivity index (χ4n) is 5.68. The van der Waals surface area contributed by atoms with Crippen molar-refractivity contribution >= 4 is 33.0 Å². The number of aromatic amines is 1. The van der Waals surface area contributed by atoms with E-state index in [2.05, 4.69) is 51.1 Å². The lowest BCUT2D eigenvalue weighted by Crippen LogP contribution is -2.55. The maximum atomic E-state index is 13.7. The number of carbonyl (C=O) groups excluding carboxylic acids is 2. The summed E-state index contributed by atoms with van der Waals surface area (Å²) in [5.41, 5.74) is 3.84. The number of nitrogens with zero attached hydrogens (tertiary/aromatic N) is 3. The average Bonchev–Trinajstić information content (AvgIpc) is 3.25. The van der Waals surface area contributed by atoms with E-state index in [4.69, 9.17) is 4.55 Å². The van der Waals surface area contributed by atoms with Crippen molar-refractivity contribution in [1.82, 2.24) is 25.0 Å². The van der Waals surface area contributed by atoms with Crippen LogP contribution in [-0.2, 0) is 21.3 Å². The van der Waals surface area contributed by atoms with Gasteiger partial charge in [-0.2, -0.15) is 8.42 Å². The monoisotopic (exact) mass is 547 g/mol. The molecule has 38 heavy (non-hydrogen) atoms. The second-order valence-corrected chi connectivity index (χ2v) is 11.8. The van der Waals surface area contributed by atoms with Gasteiger partial charge < -0.3 is 15.2 Å². The summed E-state index contributed by atoms with van der Waals surface area (Å²) in [6.45, 7) is 9.02. The van der Waals surface area contributed by atoms with Gasteiger partial charge in [0.1, 0.15) is 0 Å². The lowest BCUT2D eigenvalue weighted by atomic mass is 9.72. The van der Waals surface area contributed by atoms with Gasteiger partial charge in [-0.25, -0.2) is 4.79 Å². The van der Waals surface area contributed by atoms with Crippen molar-refractivity contribution in [3.05, 3.63) is 48.2 Å². The quantitative estimate of drug-likeness (QED) is 0.343. The summed E-state index contributed by atoms with van der Waals surface area (Å²) in [7, 11) is 0.345. The van der Waals surface area contributed by atoms with E-state index in [0.717, 1.165) is 37.9 Å². The lowest BCUT2D eigenvalue weighted by molar-refractivity contribution is -0.135. The molecule has 1 aliphatic carbocycles. The zero-order valence-corrected chi connectivity index (χ0v) is 23.6. The molecule has 0 radical (unpaired) electrons. The standard InChI is InChI=1S/C26H37N5O2.CH4O3S/c1-5-11-30-17-19(25(32)31(26(33)27-6-2)13-8-12-29(3)4)14-21-20-9-7-10-22-24(20)18(16-28-22)15-23(21)30;1-5(2,3)4/h5,7,9-10,16,19,21,23,28H,1,6,8,11-15,17H2,2-4H3,(H,27,33);1H3,(H,2,3,4)/t19-,21-,23-;/m1./s1. The Bertz CT molecular complexity index is 1230. The third-order valence-electron chi connectivity index (χ3n) is 7.11. The summed E-state index contributed by atoms with van der Waals surface area (Å²) in [6.07, 6.45) is 7.28. The third kappa shape index (κ3) is 7.43. The molecular formula is C27H41N5O5S. The van der Waals surface area contributed by atoms with E-state index < -0.39 is 10.1 Å². The van der Waals surface area contributed by atoms with Gasteiger partial charge in [-0.05, 0) is 64.0 Å². The first-order chi connectivity index (χ1) is 17.9. The van der Waals surface area contributed by atoms with E-state index in [1.807, 2.05) is 27.1 Å². The minimum absolute atomic E-state index is 0.0562. The van der Waals surface area contributed by atoms with Crippen LogP contribution >= 0.6 is 0 Å². The molecule has 3 amide bonds. The highest BCUT2D eigenvalue weighted by molar-refractivity contribution is 7.85. The maximum absolute atomic E-state index is 13.7. The van der Waals surface area contributed by atoms with Gasteiger partial charge in [-0.3, -0.25) is 19.1 Å². The highest BCUT2D eigenvalue weighted by Gasteiger charge is 2.43. The number of carbonyl (C=O) groups is 2. The van der Waals surface area contributed by atoms with E-state index >= 15 is 0 Å². The molecule has 3 N–H and O–H groups in total. The number of rotatable bonds is 8. The number of hydrogen-bond donors (Lipinski definition) is 3. The number of piperidine rings is 1. The number of nitrogens with one attached hydrogen (secondary N) is 2. The minimum atomic E-state index is -3.67. The first-order valence-corrected chi connectivity index (χ1v) is 14.9. The van der Waals surface area contributed by atoms with Crippen molar-refractivity contribution in [3.63, 3.8) is 0 Å². The average molecular weight is 548 g/mol. The molecule has 4 rings (SSSR count). The molecule has 1 aromatic carbocycles. The Kier molecular flexibility index (Phi) is 10.1. The number of hydrogen-bond acceptors (Lipinski definition) is 6. The van der Waals surface area contributed by atoms with Crippen molar-refractivity contribution in [2.75, 3.05) is 53.1 Å². The lowest BCUT2D eigenvalue weighted by Gasteiger charge is -2.47. The number of urea groups is 1. The maximum Gasteiger partial charge on any atom is 0.324 e. The fourth-order valence-corrected chi connectivity index (χ4v) is 5.68. The van der Waals surface area contributed by atoms with Crippen LogP contribution in [0, 0.1) is 5.92 Å². The van der Waals surface area contributed by atoms with E-state index in [1.165, 1.54) is 21.4 Å². The van der Waals surface area contributed by atoms with Gasteiger partial charge >= 0.3 is 6.03 Å². The van der Waals surface area contributed by atoms with Crippen LogP contribution in [0.3, 0.4) is 0 Å². The normalized spacial score (nSPS) is 20.8. The van der Waals surface area contributed by atoms with Crippen LogP contribution in [0.5, 0.6) is 0 Å². The third-order valence-corrected chi connectivity index (χ3v) is 7.11. The zero-order chi connectivity index (χ0) is 28.0. The predicted molar refractivity (Wildman–Crippen MR) is 150 cm³/mol. The SMILES string of the molecule is C=CCN1C[C@H](C(=O)N(CCCN(C)C)C(=O)NCC)C[C@@H]2c3cccc4[nH]cc(c34)C[C@H]21.CS(=O)(=O)O. The van der Waals surface area contributed by atoms with Gasteiger partial charge in [-0.1, -0.05) is 18.2 Å². The van der Waals surface area contributed by atoms with Gasteiger partial charge in [0.15, 0.2) is 0 Å². The summed E-state index contributed by atoms with van der Waals surface area (Å²) in [6, 6.07) is 6.50. The number of fused-ring (bicyclic) bond motifs is 2. The molecule has 1 fully saturated rings. The Morgan fingerprint density at radius 1 is 1.29 bits per heavy atom. The largest absolute Gasteiger partial charge is 0.361 e. The van der Waals surface area contributed by atoms with Crippen LogP contribution < -0.4 is 5.32 Å². The smallest absolute Gasteiger partial charge is 0.324 e. The number of likely N-dealkylation sites (tertiary alicyclic amines) is 1. The molecule has 0 unspecified atom stereocenters. The van der Waals surface area contributed by atoms with Gasteiger partial charge in [-0.15, -0.1) is 6.58 Å². The first kappa shape index (κ1) is 29.8. The Morgan fingerprint density at radius 3 is 2.63 bits per heavy atom. The molecule has 0 bridgehead atoms. The molecule has 2 heterocycles. The van der Waals surface area contributed by atoms with Crippen LogP contribution in [-0.4, -0.2) is 104 Å². The first-order valence-electron chi connectivity index (χ1n) is 13.0. The molecule has 11 heteroatoms. The molecule has 1 aromatic heterocycles. The van der Waals surface area contributed by atoms with Gasteiger partial charge in [0, 0.05) is 55.2 Å². The molecule has 1 aliphatic heterocycles. The Balaban J connectivity index is 0.000000732. The fraction of sp³-hybridized carbons (Fsp3) is 0.556. The van der Waals surface area contributed by atoms with Crippen molar-refractivity contribution in [1.29, 1.82) is 0 Å². The second kappa shape index (κ2) is 12.9. The van der Waals surface area contributed by atoms with Crippen LogP contribution in [0.15, 0.2) is 37.1 Å². The topological polar surface area (TPSA) is 126 Å². The molecule has 1 saturated heterocycles. The summed E-state index contributed by atoms with van der Waals surface area (Å²) in [5, 5.41) is 4.16. The van der Waals surface area contributed by atoms with Crippen molar-refractivity contribution in [2.24, 2.45) is 5.92 Å². The Labute approximate surface area is 225 Å². The molecule has 210 valence electrons. The predicted octanol–water partition coefficient (Wildman–Crippen LogP) is 2.70. The van der Waals surface area contributed by atoms with E-state index in [1.54, 1.807) is 0 Å². The van der Waals surface area contributed by atoms with E-state index in [-0.39, 0.29) is 23.8 Å². The zero-order valence-electron chi connectivity index (χ0n) is 22.8.